The molecule has 0 aliphatic heterocycles. The van der Waals surface area contributed by atoms with Gasteiger partial charge in [0, 0.05) is 26.2 Å². The number of hydrogen-bond acceptors (Lipinski definition) is 11. The zero-order valence-corrected chi connectivity index (χ0v) is 24.8. The zero-order chi connectivity index (χ0) is 34.0. The molecule has 3 aromatic carbocycles. The Kier molecular flexibility index (Phi) is 12.0. The molecule has 3 aromatic rings. The second-order valence-electron chi connectivity index (χ2n) is 10.3. The normalized spacial score (nSPS) is 12.0. The first-order chi connectivity index (χ1) is 21.8. The van der Waals surface area contributed by atoms with Crippen LogP contribution in [0, 0.1) is 0 Å². The Morgan fingerprint density at radius 1 is 0.630 bits per heavy atom. The highest BCUT2D eigenvalue weighted by molar-refractivity contribution is 6.00. The topological polar surface area (TPSA) is 249 Å². The zero-order valence-electron chi connectivity index (χ0n) is 24.8. The van der Waals surface area contributed by atoms with E-state index in [1.165, 1.54) is 60.4 Å². The van der Waals surface area contributed by atoms with Crippen molar-refractivity contribution in [2.75, 3.05) is 26.2 Å². The summed E-state index contributed by atoms with van der Waals surface area (Å²) in [6.45, 7) is 1.32. The van der Waals surface area contributed by atoms with Crippen molar-refractivity contribution < 1.29 is 54.9 Å². The van der Waals surface area contributed by atoms with E-state index in [-0.39, 0.29) is 55.7 Å². The third-order valence-electron chi connectivity index (χ3n) is 6.91. The molecule has 0 saturated heterocycles. The first-order valence-electron chi connectivity index (χ1n) is 14.2. The van der Waals surface area contributed by atoms with Gasteiger partial charge in [-0.25, -0.2) is 0 Å². The molecule has 15 heteroatoms. The number of carbonyl (C=O) groups is 4. The number of aliphatic hydroxyl groups excluding tert-OH is 1. The van der Waals surface area contributed by atoms with E-state index >= 15 is 0 Å². The van der Waals surface area contributed by atoms with E-state index in [2.05, 4.69) is 16.0 Å². The van der Waals surface area contributed by atoms with Gasteiger partial charge in [-0.3, -0.25) is 19.2 Å². The average molecular weight is 641 g/mol. The molecule has 2 atom stereocenters. The lowest BCUT2D eigenvalue weighted by Gasteiger charge is -2.29. The van der Waals surface area contributed by atoms with Gasteiger partial charge in [0.05, 0.1) is 22.8 Å². The van der Waals surface area contributed by atoms with Gasteiger partial charge >= 0.3 is 0 Å². The summed E-state index contributed by atoms with van der Waals surface area (Å²) in [4.78, 5) is 52.7. The maximum absolute atomic E-state index is 13.6. The summed E-state index contributed by atoms with van der Waals surface area (Å²) >= 11 is 0. The summed E-state index contributed by atoms with van der Waals surface area (Å²) in [6.07, 6.45) is -1.05. The summed E-state index contributed by atoms with van der Waals surface area (Å²) in [5.74, 6) is -6.42. The monoisotopic (exact) mass is 640 g/mol. The number of aliphatic hydroxyl groups is 1. The number of carbonyl (C=O) groups excluding carboxylic acids is 4. The van der Waals surface area contributed by atoms with Gasteiger partial charge in [0.15, 0.2) is 34.5 Å². The number of rotatable bonds is 14. The van der Waals surface area contributed by atoms with Gasteiger partial charge in [-0.15, -0.1) is 0 Å². The van der Waals surface area contributed by atoms with Crippen LogP contribution >= 0.6 is 0 Å². The molecule has 0 aliphatic rings. The molecule has 246 valence electrons. The van der Waals surface area contributed by atoms with Crippen molar-refractivity contribution in [2.24, 2.45) is 0 Å². The SMILES string of the molecule is C[C@@H](O)[C@H](NC(=O)c1cccc(O)c1O)C(=O)N(CCCNC(=O)c1cccc(O)c1O)CCCNC(=O)c1cccc(O)c1O. The molecule has 46 heavy (non-hydrogen) atoms. The lowest BCUT2D eigenvalue weighted by Crippen LogP contribution is -2.54. The molecule has 0 unspecified atom stereocenters. The van der Waals surface area contributed by atoms with E-state index in [0.717, 1.165) is 6.07 Å². The van der Waals surface area contributed by atoms with E-state index in [4.69, 9.17) is 0 Å². The first kappa shape index (κ1) is 34.8. The number of phenols is 6. The van der Waals surface area contributed by atoms with Crippen molar-refractivity contribution in [1.29, 1.82) is 0 Å². The summed E-state index contributed by atoms with van der Waals surface area (Å²) in [5, 5.41) is 76.9. The number of hydrogen-bond donors (Lipinski definition) is 10. The summed E-state index contributed by atoms with van der Waals surface area (Å²) in [7, 11) is 0. The van der Waals surface area contributed by atoms with E-state index in [0.29, 0.717) is 0 Å². The molecule has 0 saturated carbocycles. The van der Waals surface area contributed by atoms with Gasteiger partial charge in [-0.05, 0) is 56.2 Å². The molecule has 0 radical (unpaired) electrons. The van der Waals surface area contributed by atoms with Crippen molar-refractivity contribution in [3.8, 4) is 34.5 Å². The van der Waals surface area contributed by atoms with E-state index in [1.54, 1.807) is 0 Å². The van der Waals surface area contributed by atoms with Crippen LogP contribution in [0.1, 0.15) is 50.8 Å². The van der Waals surface area contributed by atoms with Crippen LogP contribution in [-0.4, -0.2) is 103 Å². The first-order valence-corrected chi connectivity index (χ1v) is 14.2. The highest BCUT2D eigenvalue weighted by atomic mass is 16.3. The Bertz CT molecular complexity index is 1510. The van der Waals surface area contributed by atoms with Gasteiger partial charge < -0.3 is 56.6 Å². The number of phenolic OH excluding ortho intramolecular Hbond substituents is 6. The molecular weight excluding hydrogens is 604 g/mol. The standard InChI is InChI=1S/C31H36N4O11/c1-17(36)24(34-30(45)20-9-4-12-23(39)27(20)42)31(46)35(15-5-13-32-28(43)18-7-2-10-21(37)25(18)40)16-6-14-33-29(44)19-8-3-11-22(38)26(19)41/h2-4,7-12,17,24,36-42H,5-6,13-16H2,1H3,(H,32,43)(H,33,44)(H,34,45)/t17-,24+/m1/s1. The maximum Gasteiger partial charge on any atom is 0.255 e. The van der Waals surface area contributed by atoms with Gasteiger partial charge in [0.2, 0.25) is 5.91 Å². The van der Waals surface area contributed by atoms with Crippen molar-refractivity contribution in [1.82, 2.24) is 20.9 Å². The van der Waals surface area contributed by atoms with Crippen LogP contribution in [0.15, 0.2) is 54.6 Å². The largest absolute Gasteiger partial charge is 0.504 e. The molecule has 10 N–H and O–H groups in total. The molecular formula is C31H36N4O11. The number of nitrogens with zero attached hydrogens (tertiary/aromatic N) is 1. The van der Waals surface area contributed by atoms with E-state index in [9.17, 15) is 54.9 Å². The Morgan fingerprint density at radius 3 is 1.37 bits per heavy atom. The van der Waals surface area contributed by atoms with Crippen LogP contribution in [0.5, 0.6) is 34.5 Å². The fraction of sp³-hybridized carbons (Fsp3) is 0.290. The van der Waals surface area contributed by atoms with Gasteiger partial charge in [0.1, 0.15) is 6.04 Å². The van der Waals surface area contributed by atoms with E-state index in [1.807, 2.05) is 0 Å². The summed E-state index contributed by atoms with van der Waals surface area (Å²) in [6, 6.07) is 10.00. The van der Waals surface area contributed by atoms with Crippen molar-refractivity contribution in [2.45, 2.75) is 31.9 Å². The Balaban J connectivity index is 1.69. The molecule has 0 aliphatic carbocycles. The molecule has 0 spiro atoms. The van der Waals surface area contributed by atoms with Gasteiger partial charge in [0.25, 0.3) is 17.7 Å². The Morgan fingerprint density at radius 2 is 1.00 bits per heavy atom. The highest BCUT2D eigenvalue weighted by Gasteiger charge is 2.31. The van der Waals surface area contributed by atoms with Crippen molar-refractivity contribution >= 4 is 23.6 Å². The molecule has 0 bridgehead atoms. The molecule has 15 nitrogen and oxygen atoms in total. The van der Waals surface area contributed by atoms with Crippen molar-refractivity contribution in [3.05, 3.63) is 71.3 Å². The molecule has 0 aromatic heterocycles. The fourth-order valence-corrected chi connectivity index (χ4v) is 4.41. The minimum Gasteiger partial charge on any atom is -0.504 e. The Labute approximate surface area is 263 Å². The van der Waals surface area contributed by atoms with Crippen LogP contribution in [0.3, 0.4) is 0 Å². The highest BCUT2D eigenvalue weighted by Crippen LogP contribution is 2.29. The molecule has 4 amide bonds. The molecule has 0 heterocycles. The predicted molar refractivity (Wildman–Crippen MR) is 163 cm³/mol. The predicted octanol–water partition coefficient (Wildman–Crippen LogP) is 0.868. The van der Waals surface area contributed by atoms with Crippen LogP contribution < -0.4 is 16.0 Å². The lowest BCUT2D eigenvalue weighted by atomic mass is 10.1. The summed E-state index contributed by atoms with van der Waals surface area (Å²) < 4.78 is 0. The van der Waals surface area contributed by atoms with Crippen LogP contribution in [0.25, 0.3) is 0 Å². The minimum atomic E-state index is -1.49. The van der Waals surface area contributed by atoms with Gasteiger partial charge in [-0.1, -0.05) is 18.2 Å². The van der Waals surface area contributed by atoms with Gasteiger partial charge in [-0.2, -0.15) is 0 Å². The number of amides is 4. The fourth-order valence-electron chi connectivity index (χ4n) is 4.41. The molecule has 0 fully saturated rings. The number of aromatic hydroxyl groups is 6. The van der Waals surface area contributed by atoms with Crippen LogP contribution in [0.4, 0.5) is 0 Å². The maximum atomic E-state index is 13.6. The second kappa shape index (κ2) is 15.9. The second-order valence-corrected chi connectivity index (χ2v) is 10.3. The number of nitrogens with one attached hydrogen (secondary N) is 3. The Hall–Kier alpha value is -5.70. The summed E-state index contributed by atoms with van der Waals surface area (Å²) in [5.41, 5.74) is -0.650. The third-order valence-corrected chi connectivity index (χ3v) is 6.91. The average Bonchev–Trinajstić information content (AvgIpc) is 3.02. The van der Waals surface area contributed by atoms with Crippen molar-refractivity contribution in [3.63, 3.8) is 0 Å². The third kappa shape index (κ3) is 8.69. The number of benzene rings is 3. The molecule has 3 rings (SSSR count). The van der Waals surface area contributed by atoms with E-state index < -0.39 is 70.3 Å². The minimum absolute atomic E-state index is 0.00287. The smallest absolute Gasteiger partial charge is 0.255 e. The lowest BCUT2D eigenvalue weighted by molar-refractivity contribution is -0.135. The quantitative estimate of drug-likeness (QED) is 0.0874. The van der Waals surface area contributed by atoms with Crippen LogP contribution in [0.2, 0.25) is 0 Å². The van der Waals surface area contributed by atoms with Crippen LogP contribution in [-0.2, 0) is 4.79 Å². The number of para-hydroxylation sites is 3.